The highest BCUT2D eigenvalue weighted by molar-refractivity contribution is 5.77. The van der Waals surface area contributed by atoms with Crippen LogP contribution >= 0.6 is 0 Å². The van der Waals surface area contributed by atoms with Crippen molar-refractivity contribution in [2.45, 2.75) is 18.9 Å². The monoisotopic (exact) mass is 209 g/mol. The maximum absolute atomic E-state index is 12.0. The highest BCUT2D eigenvalue weighted by atomic mass is 16.2. The molecule has 2 aliphatic heterocycles. The first-order valence-electron chi connectivity index (χ1n) is 5.70. The van der Waals surface area contributed by atoms with Gasteiger partial charge in [0.25, 0.3) is 0 Å². The number of carbonyl (C=O) groups is 1. The predicted molar refractivity (Wildman–Crippen MR) is 59.8 cm³/mol. The lowest BCUT2D eigenvalue weighted by atomic mass is 10.1. The predicted octanol–water partition coefficient (Wildman–Crippen LogP) is 0.662. The van der Waals surface area contributed by atoms with Gasteiger partial charge in [-0.2, -0.15) is 0 Å². The molecule has 4 heteroatoms. The minimum atomic E-state index is 0.196. The summed E-state index contributed by atoms with van der Waals surface area (Å²) in [5.74, 6) is 0. The van der Waals surface area contributed by atoms with Crippen LogP contribution in [0, 0.1) is 0 Å². The fourth-order valence-electron chi connectivity index (χ4n) is 2.38. The molecule has 0 aromatic heterocycles. The van der Waals surface area contributed by atoms with E-state index in [1.54, 1.807) is 6.08 Å². The highest BCUT2D eigenvalue weighted by Crippen LogP contribution is 2.18. The van der Waals surface area contributed by atoms with Crippen molar-refractivity contribution < 1.29 is 4.79 Å². The van der Waals surface area contributed by atoms with Gasteiger partial charge in [0.05, 0.1) is 0 Å². The number of nitrogens with zero attached hydrogens (tertiary/aromatic N) is 2. The van der Waals surface area contributed by atoms with E-state index in [1.165, 1.54) is 0 Å². The Balaban J connectivity index is 1.93. The van der Waals surface area contributed by atoms with Crippen molar-refractivity contribution in [1.82, 2.24) is 15.1 Å². The zero-order valence-corrected chi connectivity index (χ0v) is 9.11. The first-order chi connectivity index (χ1) is 7.33. The first kappa shape index (κ1) is 10.5. The summed E-state index contributed by atoms with van der Waals surface area (Å²) in [6.45, 7) is 8.17. The van der Waals surface area contributed by atoms with Gasteiger partial charge in [-0.15, -0.1) is 6.58 Å². The molecule has 0 saturated carbocycles. The SMILES string of the molecule is C=CCN1CCN(C2CCNCC2)C1=O. The third kappa shape index (κ3) is 2.15. The molecular weight excluding hydrogens is 190 g/mol. The molecule has 0 bridgehead atoms. The number of hydrogen-bond donors (Lipinski definition) is 1. The summed E-state index contributed by atoms with van der Waals surface area (Å²) in [5.41, 5.74) is 0. The number of hydrogen-bond acceptors (Lipinski definition) is 2. The largest absolute Gasteiger partial charge is 0.320 e. The molecule has 0 aromatic rings. The summed E-state index contributed by atoms with van der Waals surface area (Å²) >= 11 is 0. The molecule has 0 aliphatic carbocycles. The van der Waals surface area contributed by atoms with Gasteiger partial charge in [0.2, 0.25) is 0 Å². The lowest BCUT2D eigenvalue weighted by molar-refractivity contribution is 0.168. The Morgan fingerprint density at radius 1 is 1.40 bits per heavy atom. The van der Waals surface area contributed by atoms with Crippen LogP contribution in [0.5, 0.6) is 0 Å². The standard InChI is InChI=1S/C11H19N3O/c1-2-7-13-8-9-14(11(13)15)10-3-5-12-6-4-10/h2,10,12H,1,3-9H2. The van der Waals surface area contributed by atoms with Gasteiger partial charge in [-0.25, -0.2) is 4.79 Å². The molecule has 2 amide bonds. The van der Waals surface area contributed by atoms with Crippen LogP contribution in [0.3, 0.4) is 0 Å². The zero-order chi connectivity index (χ0) is 10.7. The highest BCUT2D eigenvalue weighted by Gasteiger charge is 2.33. The molecule has 2 fully saturated rings. The van der Waals surface area contributed by atoms with Crippen molar-refractivity contribution in [2.24, 2.45) is 0 Å². The van der Waals surface area contributed by atoms with Crippen LogP contribution in [0.1, 0.15) is 12.8 Å². The van der Waals surface area contributed by atoms with Crippen LogP contribution in [0.25, 0.3) is 0 Å². The quantitative estimate of drug-likeness (QED) is 0.693. The number of urea groups is 1. The van der Waals surface area contributed by atoms with Crippen LogP contribution in [-0.4, -0.2) is 54.6 Å². The normalized spacial score (nSPS) is 23.6. The first-order valence-corrected chi connectivity index (χ1v) is 5.70. The van der Waals surface area contributed by atoms with Gasteiger partial charge >= 0.3 is 6.03 Å². The van der Waals surface area contributed by atoms with Crippen LogP contribution in [0.2, 0.25) is 0 Å². The molecule has 4 nitrogen and oxygen atoms in total. The summed E-state index contributed by atoms with van der Waals surface area (Å²) in [7, 11) is 0. The van der Waals surface area contributed by atoms with Crippen molar-refractivity contribution in [1.29, 1.82) is 0 Å². The number of nitrogens with one attached hydrogen (secondary N) is 1. The molecule has 15 heavy (non-hydrogen) atoms. The average molecular weight is 209 g/mol. The van der Waals surface area contributed by atoms with Crippen molar-refractivity contribution in [3.05, 3.63) is 12.7 Å². The Labute approximate surface area is 90.9 Å². The third-order valence-corrected chi connectivity index (χ3v) is 3.23. The second-order valence-electron chi connectivity index (χ2n) is 4.19. The fraction of sp³-hybridized carbons (Fsp3) is 0.727. The Hall–Kier alpha value is -1.03. The summed E-state index contributed by atoms with van der Waals surface area (Å²) < 4.78 is 0. The molecule has 2 aliphatic rings. The molecular formula is C11H19N3O. The lowest BCUT2D eigenvalue weighted by Crippen LogP contribution is -2.45. The fourth-order valence-corrected chi connectivity index (χ4v) is 2.38. The molecule has 2 saturated heterocycles. The number of piperidine rings is 1. The topological polar surface area (TPSA) is 35.6 Å². The van der Waals surface area contributed by atoms with Gasteiger partial charge in [0.15, 0.2) is 0 Å². The van der Waals surface area contributed by atoms with Gasteiger partial charge in [0, 0.05) is 25.7 Å². The Morgan fingerprint density at radius 2 is 2.13 bits per heavy atom. The summed E-state index contributed by atoms with van der Waals surface area (Å²) in [6.07, 6.45) is 3.98. The van der Waals surface area contributed by atoms with Gasteiger partial charge in [0.1, 0.15) is 0 Å². The van der Waals surface area contributed by atoms with E-state index in [4.69, 9.17) is 0 Å². The van der Waals surface area contributed by atoms with Crippen LogP contribution in [-0.2, 0) is 0 Å². The van der Waals surface area contributed by atoms with Gasteiger partial charge in [-0.1, -0.05) is 6.08 Å². The minimum absolute atomic E-state index is 0.196. The maximum Gasteiger partial charge on any atom is 0.320 e. The van der Waals surface area contributed by atoms with E-state index in [-0.39, 0.29) is 6.03 Å². The third-order valence-electron chi connectivity index (χ3n) is 3.23. The minimum Gasteiger partial charge on any atom is -0.320 e. The molecule has 0 radical (unpaired) electrons. The summed E-state index contributed by atoms with van der Waals surface area (Å²) in [5, 5.41) is 3.32. The molecule has 0 unspecified atom stereocenters. The van der Waals surface area contributed by atoms with Gasteiger partial charge in [-0.3, -0.25) is 0 Å². The molecule has 2 rings (SSSR count). The van der Waals surface area contributed by atoms with E-state index in [1.807, 2.05) is 9.80 Å². The number of amides is 2. The van der Waals surface area contributed by atoms with E-state index < -0.39 is 0 Å². The molecule has 84 valence electrons. The van der Waals surface area contributed by atoms with Crippen molar-refractivity contribution in [2.75, 3.05) is 32.7 Å². The van der Waals surface area contributed by atoms with E-state index in [9.17, 15) is 4.79 Å². The summed E-state index contributed by atoms with van der Waals surface area (Å²) in [4.78, 5) is 15.9. The molecule has 0 spiro atoms. The van der Waals surface area contributed by atoms with Crippen molar-refractivity contribution >= 4 is 6.03 Å². The molecule has 1 N–H and O–H groups in total. The number of carbonyl (C=O) groups excluding carboxylic acids is 1. The van der Waals surface area contributed by atoms with E-state index in [0.717, 1.165) is 39.0 Å². The average Bonchev–Trinajstić information content (AvgIpc) is 2.63. The maximum atomic E-state index is 12.0. The van der Waals surface area contributed by atoms with Crippen molar-refractivity contribution in [3.63, 3.8) is 0 Å². The summed E-state index contributed by atoms with van der Waals surface area (Å²) in [6, 6.07) is 0.648. The smallest absolute Gasteiger partial charge is 0.320 e. The molecule has 0 atom stereocenters. The lowest BCUT2D eigenvalue weighted by Gasteiger charge is -2.31. The van der Waals surface area contributed by atoms with E-state index >= 15 is 0 Å². The van der Waals surface area contributed by atoms with Gasteiger partial charge in [-0.05, 0) is 25.9 Å². The molecule has 2 heterocycles. The Kier molecular flexibility index (Phi) is 3.26. The van der Waals surface area contributed by atoms with E-state index in [0.29, 0.717) is 12.6 Å². The Bertz CT molecular complexity index is 248. The van der Waals surface area contributed by atoms with Crippen molar-refractivity contribution in [3.8, 4) is 0 Å². The van der Waals surface area contributed by atoms with Crippen LogP contribution in [0.15, 0.2) is 12.7 Å². The second-order valence-corrected chi connectivity index (χ2v) is 4.19. The van der Waals surface area contributed by atoms with Crippen LogP contribution < -0.4 is 5.32 Å². The zero-order valence-electron chi connectivity index (χ0n) is 9.11. The van der Waals surface area contributed by atoms with Gasteiger partial charge < -0.3 is 15.1 Å². The number of rotatable bonds is 3. The van der Waals surface area contributed by atoms with E-state index in [2.05, 4.69) is 11.9 Å². The Morgan fingerprint density at radius 3 is 2.80 bits per heavy atom. The molecule has 0 aromatic carbocycles. The van der Waals surface area contributed by atoms with Crippen LogP contribution in [0.4, 0.5) is 4.79 Å². The second kappa shape index (κ2) is 4.66.